The number of ether oxygens (including phenoxy) is 2. The molecule has 9 heteroatoms. The van der Waals surface area contributed by atoms with Gasteiger partial charge >= 0.3 is 12.2 Å². The highest BCUT2D eigenvalue weighted by molar-refractivity contribution is 5.68. The van der Waals surface area contributed by atoms with E-state index >= 15 is 0 Å². The molecule has 3 N–H and O–H groups in total. The molecular formula is C32H35N5O4. The first kappa shape index (κ1) is 29.2. The van der Waals surface area contributed by atoms with Crippen LogP contribution >= 0.6 is 0 Å². The van der Waals surface area contributed by atoms with Crippen LogP contribution in [0.4, 0.5) is 9.59 Å². The van der Waals surface area contributed by atoms with E-state index in [0.29, 0.717) is 25.9 Å². The molecule has 0 radical (unpaired) electrons. The van der Waals surface area contributed by atoms with E-state index in [0.717, 1.165) is 22.3 Å². The smallest absolute Gasteiger partial charge is 0.407 e. The molecule has 0 unspecified atom stereocenters. The Morgan fingerprint density at radius 1 is 0.585 bits per heavy atom. The topological polar surface area (TPSA) is 114 Å². The van der Waals surface area contributed by atoms with Crippen LogP contribution in [-0.2, 0) is 35.5 Å². The van der Waals surface area contributed by atoms with E-state index < -0.39 is 12.2 Å². The van der Waals surface area contributed by atoms with E-state index in [9.17, 15) is 9.59 Å². The lowest BCUT2D eigenvalue weighted by Crippen LogP contribution is -2.48. The predicted molar refractivity (Wildman–Crippen MR) is 156 cm³/mol. The maximum absolute atomic E-state index is 12.6. The molecule has 0 aliphatic heterocycles. The third-order valence-corrected chi connectivity index (χ3v) is 6.26. The molecule has 2 aromatic carbocycles. The largest absolute Gasteiger partial charge is 0.445 e. The molecule has 0 bridgehead atoms. The Balaban J connectivity index is 1.33. The second-order valence-electron chi connectivity index (χ2n) is 9.60. The minimum absolute atomic E-state index is 0.134. The van der Waals surface area contributed by atoms with Crippen LogP contribution in [0.3, 0.4) is 0 Å². The molecule has 9 nitrogen and oxygen atoms in total. The monoisotopic (exact) mass is 553 g/mol. The standard InChI is InChI=1S/C32H35N5O4/c38-31(40-23-27-13-7-15-33-19-27)36-29(17-25-9-3-1-4-10-25)21-35-22-30(18-26-11-5-2-6-12-26)37-32(39)41-24-28-14-8-16-34-20-28/h1-16,19-20,29-30,35H,17-18,21-24H2,(H,36,38)(H,37,39)/t29-,30-/m0/s1. The Bertz CT molecular complexity index is 1210. The minimum Gasteiger partial charge on any atom is -0.445 e. The van der Waals surface area contributed by atoms with E-state index in [-0.39, 0.29) is 25.3 Å². The molecule has 212 valence electrons. The van der Waals surface area contributed by atoms with Gasteiger partial charge in [0, 0.05) is 61.1 Å². The quantitative estimate of drug-likeness (QED) is 0.212. The highest BCUT2D eigenvalue weighted by atomic mass is 16.6. The summed E-state index contributed by atoms with van der Waals surface area (Å²) in [6.45, 7) is 1.20. The zero-order valence-corrected chi connectivity index (χ0v) is 22.8. The molecule has 2 aromatic heterocycles. The molecule has 0 saturated carbocycles. The summed E-state index contributed by atoms with van der Waals surface area (Å²) < 4.78 is 10.8. The van der Waals surface area contributed by atoms with Crippen molar-refractivity contribution in [2.75, 3.05) is 13.1 Å². The molecule has 4 rings (SSSR count). The van der Waals surface area contributed by atoms with Crippen LogP contribution in [0.5, 0.6) is 0 Å². The number of aromatic nitrogens is 2. The van der Waals surface area contributed by atoms with Crippen molar-refractivity contribution in [2.24, 2.45) is 0 Å². The number of rotatable bonds is 14. The summed E-state index contributed by atoms with van der Waals surface area (Å²) in [5.74, 6) is 0. The number of benzene rings is 2. The molecule has 0 spiro atoms. The highest BCUT2D eigenvalue weighted by Gasteiger charge is 2.18. The molecule has 41 heavy (non-hydrogen) atoms. The van der Waals surface area contributed by atoms with Gasteiger partial charge in [-0.15, -0.1) is 0 Å². The van der Waals surface area contributed by atoms with Gasteiger partial charge in [-0.2, -0.15) is 0 Å². The first-order valence-electron chi connectivity index (χ1n) is 13.6. The third-order valence-electron chi connectivity index (χ3n) is 6.26. The minimum atomic E-state index is -0.505. The number of hydrogen-bond donors (Lipinski definition) is 3. The summed E-state index contributed by atoms with van der Waals surface area (Å²) in [5.41, 5.74) is 3.80. The average molecular weight is 554 g/mol. The van der Waals surface area contributed by atoms with Gasteiger partial charge in [-0.25, -0.2) is 9.59 Å². The number of carbonyl (C=O) groups excluding carboxylic acids is 2. The zero-order valence-electron chi connectivity index (χ0n) is 22.8. The van der Waals surface area contributed by atoms with Crippen LogP contribution in [-0.4, -0.2) is 47.3 Å². The third kappa shape index (κ3) is 11.1. The predicted octanol–water partition coefficient (Wildman–Crippen LogP) is 4.44. The van der Waals surface area contributed by atoms with Crippen LogP contribution in [0.2, 0.25) is 0 Å². The normalized spacial score (nSPS) is 12.1. The fourth-order valence-electron chi connectivity index (χ4n) is 4.26. The fraction of sp³-hybridized carbons (Fsp3) is 0.250. The first-order valence-corrected chi connectivity index (χ1v) is 13.6. The van der Waals surface area contributed by atoms with Crippen LogP contribution in [0.25, 0.3) is 0 Å². The molecule has 2 amide bonds. The number of hydrogen-bond acceptors (Lipinski definition) is 7. The Morgan fingerprint density at radius 2 is 1.00 bits per heavy atom. The van der Waals surface area contributed by atoms with Gasteiger partial charge in [0.15, 0.2) is 0 Å². The molecule has 2 heterocycles. The zero-order chi connectivity index (χ0) is 28.5. The number of amides is 2. The molecule has 0 aliphatic carbocycles. The van der Waals surface area contributed by atoms with Gasteiger partial charge in [0.2, 0.25) is 0 Å². The summed E-state index contributed by atoms with van der Waals surface area (Å²) in [7, 11) is 0. The van der Waals surface area contributed by atoms with Crippen molar-refractivity contribution in [3.8, 4) is 0 Å². The van der Waals surface area contributed by atoms with Gasteiger partial charge < -0.3 is 25.4 Å². The Kier molecular flexibility index (Phi) is 11.7. The summed E-state index contributed by atoms with van der Waals surface area (Å²) in [6.07, 6.45) is 6.89. The molecule has 4 aromatic rings. The molecule has 0 aliphatic rings. The van der Waals surface area contributed by atoms with Crippen molar-refractivity contribution < 1.29 is 19.1 Å². The van der Waals surface area contributed by atoms with Crippen molar-refractivity contribution in [3.05, 3.63) is 132 Å². The van der Waals surface area contributed by atoms with Crippen molar-refractivity contribution in [1.82, 2.24) is 25.9 Å². The lowest BCUT2D eigenvalue weighted by atomic mass is 10.0. The van der Waals surface area contributed by atoms with E-state index in [1.165, 1.54) is 0 Å². The summed E-state index contributed by atoms with van der Waals surface area (Å²) in [5, 5.41) is 9.38. The number of alkyl carbamates (subject to hydrolysis) is 2. The van der Waals surface area contributed by atoms with Crippen molar-refractivity contribution in [1.29, 1.82) is 0 Å². The second-order valence-corrected chi connectivity index (χ2v) is 9.60. The van der Waals surface area contributed by atoms with Gasteiger partial charge in [0.1, 0.15) is 13.2 Å². The summed E-state index contributed by atoms with van der Waals surface area (Å²) in [4.78, 5) is 33.4. The van der Waals surface area contributed by atoms with Gasteiger partial charge in [0.05, 0.1) is 0 Å². The average Bonchev–Trinajstić information content (AvgIpc) is 3.01. The Labute approximate surface area is 240 Å². The van der Waals surface area contributed by atoms with E-state index in [2.05, 4.69) is 25.9 Å². The lowest BCUT2D eigenvalue weighted by Gasteiger charge is -2.23. The Hall–Kier alpha value is -4.76. The summed E-state index contributed by atoms with van der Waals surface area (Å²) >= 11 is 0. The van der Waals surface area contributed by atoms with Crippen molar-refractivity contribution in [2.45, 2.75) is 38.1 Å². The summed E-state index contributed by atoms with van der Waals surface area (Å²) in [6, 6.07) is 26.7. The molecule has 0 saturated heterocycles. The molecular weight excluding hydrogens is 518 g/mol. The van der Waals surface area contributed by atoms with Crippen LogP contribution < -0.4 is 16.0 Å². The lowest BCUT2D eigenvalue weighted by molar-refractivity contribution is 0.134. The SMILES string of the molecule is O=C(N[C@H](CNC[C@H](Cc1ccccc1)NC(=O)OCc1cccnc1)Cc1ccccc1)OCc1cccnc1. The van der Waals surface area contributed by atoms with Crippen molar-refractivity contribution >= 4 is 12.2 Å². The van der Waals surface area contributed by atoms with E-state index in [1.807, 2.05) is 72.8 Å². The molecule has 2 atom stereocenters. The number of carbonyl (C=O) groups is 2. The number of nitrogens with one attached hydrogen (secondary N) is 3. The van der Waals surface area contributed by atoms with Crippen LogP contribution in [0.1, 0.15) is 22.3 Å². The van der Waals surface area contributed by atoms with Gasteiger partial charge in [-0.1, -0.05) is 72.8 Å². The van der Waals surface area contributed by atoms with E-state index in [4.69, 9.17) is 9.47 Å². The van der Waals surface area contributed by atoms with Crippen molar-refractivity contribution in [3.63, 3.8) is 0 Å². The maximum Gasteiger partial charge on any atom is 0.407 e. The number of nitrogens with zero attached hydrogens (tertiary/aromatic N) is 2. The molecule has 0 fully saturated rings. The van der Waals surface area contributed by atoms with Gasteiger partial charge in [-0.3, -0.25) is 9.97 Å². The first-order chi connectivity index (χ1) is 20.1. The second kappa shape index (κ2) is 16.4. The van der Waals surface area contributed by atoms with E-state index in [1.54, 1.807) is 36.9 Å². The number of pyridine rings is 2. The highest BCUT2D eigenvalue weighted by Crippen LogP contribution is 2.07. The Morgan fingerprint density at radius 3 is 1.39 bits per heavy atom. The maximum atomic E-state index is 12.6. The van der Waals surface area contributed by atoms with Crippen LogP contribution in [0.15, 0.2) is 110 Å². The van der Waals surface area contributed by atoms with Gasteiger partial charge in [-0.05, 0) is 36.1 Å². The van der Waals surface area contributed by atoms with Crippen LogP contribution in [0, 0.1) is 0 Å². The van der Waals surface area contributed by atoms with Gasteiger partial charge in [0.25, 0.3) is 0 Å². The fourth-order valence-corrected chi connectivity index (χ4v) is 4.26.